The summed E-state index contributed by atoms with van der Waals surface area (Å²) in [5, 5.41) is 7.10. The average molecular weight is 456 g/mol. The van der Waals surface area contributed by atoms with Crippen molar-refractivity contribution >= 4 is 38.3 Å². The van der Waals surface area contributed by atoms with Gasteiger partial charge in [0.25, 0.3) is 5.91 Å². The van der Waals surface area contributed by atoms with Crippen LogP contribution in [0.15, 0.2) is 71.6 Å². The standard InChI is InChI=1S/C23H25N3O5S/c1-2-24-23(28)16-31-20-10-8-19(9-11-20)26-22(27)13-14-25-32(29,30)21-12-7-17-5-3-4-6-18(17)15-21/h3-12,15,25H,2,13-14,16H2,1H3,(H,24,28)(H,26,27). The summed E-state index contributed by atoms with van der Waals surface area (Å²) in [4.78, 5) is 23.7. The zero-order valence-corrected chi connectivity index (χ0v) is 18.4. The van der Waals surface area contributed by atoms with E-state index in [1.165, 1.54) is 0 Å². The fourth-order valence-corrected chi connectivity index (χ4v) is 4.04. The summed E-state index contributed by atoms with van der Waals surface area (Å²) in [6, 6.07) is 18.9. The van der Waals surface area contributed by atoms with Gasteiger partial charge in [-0.2, -0.15) is 0 Å². The van der Waals surface area contributed by atoms with Gasteiger partial charge in [0, 0.05) is 25.2 Å². The molecule has 0 fully saturated rings. The number of hydrogen-bond donors (Lipinski definition) is 3. The van der Waals surface area contributed by atoms with Crippen LogP contribution in [0.1, 0.15) is 13.3 Å². The molecule has 9 heteroatoms. The zero-order valence-electron chi connectivity index (χ0n) is 17.6. The van der Waals surface area contributed by atoms with E-state index in [9.17, 15) is 18.0 Å². The Kier molecular flexibility index (Phi) is 7.80. The summed E-state index contributed by atoms with van der Waals surface area (Å²) in [6.07, 6.45) is -0.0255. The Morgan fingerprint density at radius 1 is 0.906 bits per heavy atom. The molecule has 32 heavy (non-hydrogen) atoms. The first-order valence-electron chi connectivity index (χ1n) is 10.2. The lowest BCUT2D eigenvalue weighted by atomic mass is 10.1. The van der Waals surface area contributed by atoms with Crippen molar-refractivity contribution in [1.82, 2.24) is 10.0 Å². The summed E-state index contributed by atoms with van der Waals surface area (Å²) in [6.45, 7) is 2.24. The molecular formula is C23H25N3O5S. The van der Waals surface area contributed by atoms with Gasteiger partial charge in [-0.05, 0) is 54.1 Å². The fourth-order valence-electron chi connectivity index (χ4n) is 2.97. The van der Waals surface area contributed by atoms with Gasteiger partial charge in [0.05, 0.1) is 4.90 Å². The van der Waals surface area contributed by atoms with Crippen molar-refractivity contribution < 1.29 is 22.7 Å². The lowest BCUT2D eigenvalue weighted by Crippen LogP contribution is -2.28. The lowest BCUT2D eigenvalue weighted by molar-refractivity contribution is -0.123. The average Bonchev–Trinajstić information content (AvgIpc) is 2.78. The Labute approximate surface area is 187 Å². The molecule has 8 nitrogen and oxygen atoms in total. The van der Waals surface area contributed by atoms with Gasteiger partial charge in [0.15, 0.2) is 6.61 Å². The summed E-state index contributed by atoms with van der Waals surface area (Å²) in [5.74, 6) is -0.0457. The molecule has 0 saturated heterocycles. The van der Waals surface area contributed by atoms with E-state index < -0.39 is 10.0 Å². The zero-order chi connectivity index (χ0) is 23.0. The van der Waals surface area contributed by atoms with Crippen LogP contribution < -0.4 is 20.1 Å². The fraction of sp³-hybridized carbons (Fsp3) is 0.217. The molecule has 3 N–H and O–H groups in total. The molecule has 0 aliphatic rings. The molecule has 0 radical (unpaired) electrons. The second-order valence-corrected chi connectivity index (χ2v) is 8.74. The minimum atomic E-state index is -3.72. The molecule has 0 aliphatic carbocycles. The molecule has 0 aliphatic heterocycles. The minimum absolute atomic E-state index is 0.0255. The minimum Gasteiger partial charge on any atom is -0.484 e. The smallest absolute Gasteiger partial charge is 0.257 e. The molecule has 2 amide bonds. The molecule has 3 aromatic carbocycles. The van der Waals surface area contributed by atoms with Crippen molar-refractivity contribution in [2.45, 2.75) is 18.2 Å². The molecule has 168 valence electrons. The number of anilines is 1. The quantitative estimate of drug-likeness (QED) is 0.435. The van der Waals surface area contributed by atoms with Gasteiger partial charge in [0.1, 0.15) is 5.75 Å². The number of hydrogen-bond acceptors (Lipinski definition) is 5. The number of fused-ring (bicyclic) bond motifs is 1. The Bertz CT molecular complexity index is 1190. The maximum absolute atomic E-state index is 12.5. The maximum Gasteiger partial charge on any atom is 0.257 e. The van der Waals surface area contributed by atoms with E-state index in [4.69, 9.17) is 4.74 Å². The Balaban J connectivity index is 1.47. The number of amides is 2. The molecule has 0 bridgehead atoms. The third kappa shape index (κ3) is 6.53. The van der Waals surface area contributed by atoms with Crippen LogP contribution in [0.4, 0.5) is 5.69 Å². The van der Waals surface area contributed by atoms with Crippen molar-refractivity contribution in [3.63, 3.8) is 0 Å². The molecule has 3 rings (SSSR count). The predicted molar refractivity (Wildman–Crippen MR) is 123 cm³/mol. The van der Waals surface area contributed by atoms with E-state index in [2.05, 4.69) is 15.4 Å². The monoisotopic (exact) mass is 455 g/mol. The van der Waals surface area contributed by atoms with Gasteiger partial charge in [-0.15, -0.1) is 0 Å². The Morgan fingerprint density at radius 2 is 1.62 bits per heavy atom. The van der Waals surface area contributed by atoms with Gasteiger partial charge < -0.3 is 15.4 Å². The van der Waals surface area contributed by atoms with E-state index in [1.54, 1.807) is 42.5 Å². The van der Waals surface area contributed by atoms with Crippen LogP contribution in [-0.2, 0) is 19.6 Å². The van der Waals surface area contributed by atoms with Gasteiger partial charge in [0.2, 0.25) is 15.9 Å². The highest BCUT2D eigenvalue weighted by molar-refractivity contribution is 7.89. The van der Waals surface area contributed by atoms with Crippen molar-refractivity contribution in [2.24, 2.45) is 0 Å². The molecule has 0 spiro atoms. The predicted octanol–water partition coefficient (Wildman–Crippen LogP) is 2.66. The molecule has 0 atom stereocenters. The van der Waals surface area contributed by atoms with Crippen LogP contribution >= 0.6 is 0 Å². The van der Waals surface area contributed by atoms with Crippen molar-refractivity contribution in [3.05, 3.63) is 66.7 Å². The third-order valence-corrected chi connectivity index (χ3v) is 6.02. The van der Waals surface area contributed by atoms with Crippen LogP contribution in [0, 0.1) is 0 Å². The number of nitrogens with one attached hydrogen (secondary N) is 3. The van der Waals surface area contributed by atoms with Crippen LogP contribution in [0.25, 0.3) is 10.8 Å². The van der Waals surface area contributed by atoms with Gasteiger partial charge in [-0.1, -0.05) is 30.3 Å². The number of likely N-dealkylation sites (N-methyl/N-ethyl adjacent to an activating group) is 1. The van der Waals surface area contributed by atoms with E-state index in [0.717, 1.165) is 10.8 Å². The molecule has 0 heterocycles. The highest BCUT2D eigenvalue weighted by Crippen LogP contribution is 2.19. The summed E-state index contributed by atoms with van der Waals surface area (Å²) >= 11 is 0. The van der Waals surface area contributed by atoms with E-state index in [0.29, 0.717) is 18.0 Å². The highest BCUT2D eigenvalue weighted by atomic mass is 32.2. The Hall–Kier alpha value is -3.43. The first-order chi connectivity index (χ1) is 15.4. The summed E-state index contributed by atoms with van der Waals surface area (Å²) in [7, 11) is -3.72. The molecule has 3 aromatic rings. The van der Waals surface area contributed by atoms with Gasteiger partial charge >= 0.3 is 0 Å². The number of sulfonamides is 1. The van der Waals surface area contributed by atoms with Crippen LogP contribution in [0.2, 0.25) is 0 Å². The maximum atomic E-state index is 12.5. The Morgan fingerprint density at radius 3 is 2.34 bits per heavy atom. The number of rotatable bonds is 10. The van der Waals surface area contributed by atoms with Crippen molar-refractivity contribution in [3.8, 4) is 5.75 Å². The van der Waals surface area contributed by atoms with Crippen molar-refractivity contribution in [1.29, 1.82) is 0 Å². The highest BCUT2D eigenvalue weighted by Gasteiger charge is 2.15. The number of ether oxygens (including phenoxy) is 1. The largest absolute Gasteiger partial charge is 0.484 e. The molecule has 0 aromatic heterocycles. The van der Waals surface area contributed by atoms with Crippen LogP contribution in [-0.4, -0.2) is 39.9 Å². The number of carbonyl (C=O) groups is 2. The topological polar surface area (TPSA) is 114 Å². The third-order valence-electron chi connectivity index (χ3n) is 4.56. The van der Waals surface area contributed by atoms with Gasteiger partial charge in [-0.25, -0.2) is 13.1 Å². The second-order valence-electron chi connectivity index (χ2n) is 6.97. The molecular weight excluding hydrogens is 430 g/mol. The van der Waals surface area contributed by atoms with Gasteiger partial charge in [-0.3, -0.25) is 9.59 Å². The van der Waals surface area contributed by atoms with E-state index in [-0.39, 0.29) is 36.3 Å². The second kappa shape index (κ2) is 10.7. The van der Waals surface area contributed by atoms with E-state index >= 15 is 0 Å². The normalized spacial score (nSPS) is 11.2. The molecule has 0 saturated carbocycles. The number of carbonyl (C=O) groups excluding carboxylic acids is 2. The summed E-state index contributed by atoms with van der Waals surface area (Å²) < 4.78 is 32.8. The first kappa shape index (κ1) is 23.2. The van der Waals surface area contributed by atoms with Crippen LogP contribution in [0.5, 0.6) is 5.75 Å². The molecule has 0 unspecified atom stereocenters. The summed E-state index contributed by atoms with van der Waals surface area (Å²) in [5.41, 5.74) is 0.540. The SMILES string of the molecule is CCNC(=O)COc1ccc(NC(=O)CCNS(=O)(=O)c2ccc3ccccc3c2)cc1. The first-order valence-corrected chi connectivity index (χ1v) is 11.6. The van der Waals surface area contributed by atoms with E-state index in [1.807, 2.05) is 31.2 Å². The van der Waals surface area contributed by atoms with Crippen molar-refractivity contribution in [2.75, 3.05) is 25.0 Å². The van der Waals surface area contributed by atoms with Crippen LogP contribution in [0.3, 0.4) is 0 Å². The number of benzene rings is 3. The lowest BCUT2D eigenvalue weighted by Gasteiger charge is -2.09.